The summed E-state index contributed by atoms with van der Waals surface area (Å²) in [6.45, 7) is 2.91. The Bertz CT molecular complexity index is 960. The zero-order chi connectivity index (χ0) is 16.0. The Hall–Kier alpha value is -2.25. The van der Waals surface area contributed by atoms with Gasteiger partial charge in [0.05, 0.1) is 11.0 Å². The van der Waals surface area contributed by atoms with Crippen molar-refractivity contribution in [3.8, 4) is 0 Å². The van der Waals surface area contributed by atoms with Gasteiger partial charge in [0.2, 0.25) is 10.0 Å². The summed E-state index contributed by atoms with van der Waals surface area (Å²) in [6, 6.07) is 9.25. The molecule has 23 heavy (non-hydrogen) atoms. The first-order valence-electron chi connectivity index (χ1n) is 7.40. The average molecular weight is 328 g/mol. The number of nitrogens with one attached hydrogen (secondary N) is 1. The molecule has 1 saturated heterocycles. The SMILES string of the molecule is Cc1ccc2nc(C3CN(S(=O)(=O)c4cccnc4)C3)[nH]c2c1. The minimum absolute atomic E-state index is 0.106. The van der Waals surface area contributed by atoms with Gasteiger partial charge in [-0.15, -0.1) is 0 Å². The molecule has 6 nitrogen and oxygen atoms in total. The Kier molecular flexibility index (Phi) is 3.21. The first-order valence-corrected chi connectivity index (χ1v) is 8.84. The highest BCUT2D eigenvalue weighted by atomic mass is 32.2. The van der Waals surface area contributed by atoms with E-state index in [0.717, 1.165) is 16.9 Å². The molecule has 0 atom stereocenters. The Morgan fingerprint density at radius 3 is 2.83 bits per heavy atom. The number of rotatable bonds is 3. The van der Waals surface area contributed by atoms with Crippen LogP contribution in [0.5, 0.6) is 0 Å². The summed E-state index contributed by atoms with van der Waals surface area (Å²) in [7, 11) is -3.45. The molecule has 0 spiro atoms. The highest BCUT2D eigenvalue weighted by molar-refractivity contribution is 7.89. The van der Waals surface area contributed by atoms with E-state index in [4.69, 9.17) is 0 Å². The molecule has 1 aliphatic heterocycles. The molecule has 0 aliphatic carbocycles. The Labute approximate surface area is 134 Å². The van der Waals surface area contributed by atoms with Gasteiger partial charge in [0, 0.05) is 31.4 Å². The van der Waals surface area contributed by atoms with Crippen molar-refractivity contribution in [2.24, 2.45) is 0 Å². The summed E-state index contributed by atoms with van der Waals surface area (Å²) >= 11 is 0. The number of nitrogens with zero attached hydrogens (tertiary/aromatic N) is 3. The standard InChI is InChI=1S/C16H16N4O2S/c1-11-4-5-14-15(7-11)19-16(18-14)12-9-20(10-12)23(21,22)13-3-2-6-17-8-13/h2-8,12H,9-10H2,1H3,(H,18,19). The van der Waals surface area contributed by atoms with E-state index in [2.05, 4.69) is 21.0 Å². The van der Waals surface area contributed by atoms with Crippen LogP contribution in [0, 0.1) is 6.92 Å². The number of H-pyrrole nitrogens is 1. The van der Waals surface area contributed by atoms with E-state index in [1.807, 2.05) is 19.1 Å². The molecule has 0 radical (unpaired) electrons. The molecule has 3 aromatic rings. The van der Waals surface area contributed by atoms with Crippen molar-refractivity contribution in [3.63, 3.8) is 0 Å². The zero-order valence-electron chi connectivity index (χ0n) is 12.6. The van der Waals surface area contributed by atoms with Gasteiger partial charge in [0.15, 0.2) is 0 Å². The van der Waals surface area contributed by atoms with Gasteiger partial charge in [0.25, 0.3) is 0 Å². The Morgan fingerprint density at radius 1 is 1.26 bits per heavy atom. The number of aryl methyl sites for hydroxylation is 1. The van der Waals surface area contributed by atoms with Crippen molar-refractivity contribution >= 4 is 21.1 Å². The number of pyridine rings is 1. The molecule has 1 aromatic carbocycles. The number of aromatic nitrogens is 3. The van der Waals surface area contributed by atoms with Crippen LogP contribution >= 0.6 is 0 Å². The summed E-state index contributed by atoms with van der Waals surface area (Å²) in [6.07, 6.45) is 2.95. The van der Waals surface area contributed by atoms with Gasteiger partial charge in [-0.1, -0.05) is 6.07 Å². The van der Waals surface area contributed by atoms with Crippen molar-refractivity contribution in [1.29, 1.82) is 0 Å². The number of hydrogen-bond acceptors (Lipinski definition) is 4. The molecule has 118 valence electrons. The van der Waals surface area contributed by atoms with Gasteiger partial charge in [-0.05, 0) is 36.8 Å². The molecule has 0 bridgehead atoms. The van der Waals surface area contributed by atoms with Crippen LogP contribution in [-0.2, 0) is 10.0 Å². The minimum atomic E-state index is -3.45. The predicted molar refractivity (Wildman–Crippen MR) is 86.6 cm³/mol. The van der Waals surface area contributed by atoms with Crippen LogP contribution in [0.1, 0.15) is 17.3 Å². The zero-order valence-corrected chi connectivity index (χ0v) is 13.4. The largest absolute Gasteiger partial charge is 0.342 e. The van der Waals surface area contributed by atoms with Crippen LogP contribution in [0.25, 0.3) is 11.0 Å². The molecular formula is C16H16N4O2S. The molecule has 3 heterocycles. The minimum Gasteiger partial charge on any atom is -0.342 e. The molecule has 0 saturated carbocycles. The fourth-order valence-corrected chi connectivity index (χ4v) is 4.29. The second-order valence-corrected chi connectivity index (χ2v) is 7.79. The third-order valence-corrected chi connectivity index (χ3v) is 5.98. The summed E-state index contributed by atoms with van der Waals surface area (Å²) in [5, 5.41) is 0. The average Bonchev–Trinajstić information content (AvgIpc) is 2.88. The number of sulfonamides is 1. The smallest absolute Gasteiger partial charge is 0.244 e. The van der Waals surface area contributed by atoms with E-state index >= 15 is 0 Å². The summed E-state index contributed by atoms with van der Waals surface area (Å²) < 4.78 is 26.4. The second kappa shape index (κ2) is 5.14. The third-order valence-electron chi connectivity index (χ3n) is 4.16. The van der Waals surface area contributed by atoms with E-state index in [-0.39, 0.29) is 10.8 Å². The van der Waals surface area contributed by atoms with Crippen LogP contribution in [0.15, 0.2) is 47.6 Å². The number of fused-ring (bicyclic) bond motifs is 1. The van der Waals surface area contributed by atoms with E-state index < -0.39 is 10.0 Å². The van der Waals surface area contributed by atoms with Gasteiger partial charge in [-0.25, -0.2) is 13.4 Å². The van der Waals surface area contributed by atoms with Crippen molar-refractivity contribution in [2.75, 3.05) is 13.1 Å². The molecule has 7 heteroatoms. The van der Waals surface area contributed by atoms with Crippen LogP contribution in [0.4, 0.5) is 0 Å². The molecule has 4 rings (SSSR count). The summed E-state index contributed by atoms with van der Waals surface area (Å²) in [5.41, 5.74) is 3.08. The van der Waals surface area contributed by atoms with Crippen molar-refractivity contribution < 1.29 is 8.42 Å². The van der Waals surface area contributed by atoms with E-state index in [1.165, 1.54) is 16.1 Å². The van der Waals surface area contributed by atoms with Crippen LogP contribution in [0.3, 0.4) is 0 Å². The van der Waals surface area contributed by atoms with Crippen molar-refractivity contribution in [3.05, 3.63) is 54.1 Å². The van der Waals surface area contributed by atoms with Gasteiger partial charge < -0.3 is 4.98 Å². The van der Waals surface area contributed by atoms with E-state index in [1.54, 1.807) is 18.3 Å². The molecule has 0 amide bonds. The number of imidazole rings is 1. The highest BCUT2D eigenvalue weighted by Crippen LogP contribution is 2.31. The van der Waals surface area contributed by atoms with Crippen molar-refractivity contribution in [2.45, 2.75) is 17.7 Å². The first kappa shape index (κ1) is 14.3. The Morgan fingerprint density at radius 2 is 2.09 bits per heavy atom. The van der Waals surface area contributed by atoms with Gasteiger partial charge >= 0.3 is 0 Å². The highest BCUT2D eigenvalue weighted by Gasteiger charge is 2.39. The maximum Gasteiger partial charge on any atom is 0.244 e. The molecular weight excluding hydrogens is 312 g/mol. The van der Waals surface area contributed by atoms with Crippen LogP contribution in [0.2, 0.25) is 0 Å². The maximum absolute atomic E-state index is 12.5. The number of benzene rings is 1. The summed E-state index contributed by atoms with van der Waals surface area (Å²) in [5.74, 6) is 0.956. The summed E-state index contributed by atoms with van der Waals surface area (Å²) in [4.78, 5) is 12.0. The fraction of sp³-hybridized carbons (Fsp3) is 0.250. The van der Waals surface area contributed by atoms with Gasteiger partial charge in [-0.3, -0.25) is 4.98 Å². The molecule has 1 aliphatic rings. The molecule has 2 aromatic heterocycles. The predicted octanol–water partition coefficient (Wildman–Crippen LogP) is 2.05. The second-order valence-electron chi connectivity index (χ2n) is 5.85. The lowest BCUT2D eigenvalue weighted by atomic mass is 10.0. The van der Waals surface area contributed by atoms with E-state index in [0.29, 0.717) is 13.1 Å². The lowest BCUT2D eigenvalue weighted by Crippen LogP contribution is -2.48. The monoisotopic (exact) mass is 328 g/mol. The molecule has 1 fully saturated rings. The number of hydrogen-bond donors (Lipinski definition) is 1. The topological polar surface area (TPSA) is 79.0 Å². The lowest BCUT2D eigenvalue weighted by Gasteiger charge is -2.36. The third kappa shape index (κ3) is 2.42. The van der Waals surface area contributed by atoms with Gasteiger partial charge in [0.1, 0.15) is 10.7 Å². The molecule has 1 N–H and O–H groups in total. The fourth-order valence-electron chi connectivity index (χ4n) is 2.79. The van der Waals surface area contributed by atoms with Gasteiger partial charge in [-0.2, -0.15) is 4.31 Å². The quantitative estimate of drug-likeness (QED) is 0.798. The number of aromatic amines is 1. The van der Waals surface area contributed by atoms with Crippen LogP contribution in [-0.4, -0.2) is 40.8 Å². The molecule has 0 unspecified atom stereocenters. The first-order chi connectivity index (χ1) is 11.0. The normalized spacial score (nSPS) is 16.6. The van der Waals surface area contributed by atoms with Crippen molar-refractivity contribution in [1.82, 2.24) is 19.3 Å². The van der Waals surface area contributed by atoms with E-state index in [9.17, 15) is 8.42 Å². The Balaban J connectivity index is 1.54. The lowest BCUT2D eigenvalue weighted by molar-refractivity contribution is 0.257. The maximum atomic E-state index is 12.5. The van der Waals surface area contributed by atoms with Crippen LogP contribution < -0.4 is 0 Å².